The molecule has 0 saturated heterocycles. The predicted molar refractivity (Wildman–Crippen MR) is 130 cm³/mol. The Balaban J connectivity index is 1.49. The fraction of sp³-hybridized carbons (Fsp3) is 0.417. The Morgan fingerprint density at radius 1 is 1.25 bits per heavy atom. The van der Waals surface area contributed by atoms with Gasteiger partial charge in [-0.3, -0.25) is 4.98 Å². The number of aliphatic imine (C=N–C) groups is 1. The number of allylic oxidation sites excluding steroid dienone is 5. The number of fused-ring (bicyclic) bond motifs is 1. The lowest BCUT2D eigenvalue weighted by molar-refractivity contribution is -0.493. The highest BCUT2D eigenvalue weighted by atomic mass is 35.5. The standard InChI is InChI=1S/C24H30ClN6O/c1-16-21(10-17(13-26-16)6-4-5-9-30(2)3)28-24-27-14-19-15-31(32)23-8-7-20(25)11-18(23)12-22(19)29-24/h10-14H,4-9,15H2,1-3H3,(H2,27,28,29)/q+1. The molecule has 3 aliphatic rings. The molecule has 0 aromatic carbocycles. The summed E-state index contributed by atoms with van der Waals surface area (Å²) in [6, 6.07) is 2.15. The minimum Gasteiger partial charge on any atom is -0.325 e. The largest absolute Gasteiger partial charge is 0.325 e. The molecule has 0 atom stereocenters. The van der Waals surface area contributed by atoms with Gasteiger partial charge in [-0.15, -0.1) is 0 Å². The van der Waals surface area contributed by atoms with Crippen LogP contribution in [0.4, 0.5) is 5.69 Å². The number of anilines is 1. The van der Waals surface area contributed by atoms with Crippen molar-refractivity contribution in [2.75, 3.05) is 32.5 Å². The normalized spacial score (nSPS) is 18.1. The van der Waals surface area contributed by atoms with Crippen molar-refractivity contribution in [1.29, 1.82) is 0 Å². The molecular weight excluding hydrogens is 424 g/mol. The fourth-order valence-corrected chi connectivity index (χ4v) is 4.21. The van der Waals surface area contributed by atoms with E-state index in [1.807, 2.05) is 25.3 Å². The first-order valence-corrected chi connectivity index (χ1v) is 11.4. The Kier molecular flexibility index (Phi) is 6.86. The number of aromatic nitrogens is 1. The molecule has 0 radical (unpaired) electrons. The van der Waals surface area contributed by atoms with Gasteiger partial charge in [0.1, 0.15) is 0 Å². The third-order valence-corrected chi connectivity index (χ3v) is 6.12. The molecule has 0 spiro atoms. The fourth-order valence-electron chi connectivity index (χ4n) is 4.00. The molecule has 4 rings (SSSR count). The van der Waals surface area contributed by atoms with Crippen LogP contribution >= 0.6 is 11.6 Å². The molecule has 8 heteroatoms. The molecular formula is C24H30ClN6O+. The van der Waals surface area contributed by atoms with Gasteiger partial charge in [0, 0.05) is 39.1 Å². The lowest BCUT2D eigenvalue weighted by atomic mass is 10.0. The van der Waals surface area contributed by atoms with E-state index in [1.54, 1.807) is 6.20 Å². The molecule has 0 bridgehead atoms. The number of guanidine groups is 1. The first kappa shape index (κ1) is 22.4. The van der Waals surface area contributed by atoms with Gasteiger partial charge in [0.15, 0.2) is 0 Å². The Labute approximate surface area is 194 Å². The number of nitrogens with zero attached hydrogens (tertiary/aromatic N) is 4. The maximum atomic E-state index is 12.6. The van der Waals surface area contributed by atoms with Gasteiger partial charge in [-0.05, 0) is 77.0 Å². The number of hydrogen-bond donors (Lipinski definition) is 2. The van der Waals surface area contributed by atoms with Crippen LogP contribution in [0.25, 0.3) is 0 Å². The van der Waals surface area contributed by atoms with E-state index >= 15 is 0 Å². The SMILES string of the molecule is Cc1ncc(CCCCN(C)C)cc1NC1=NC=C2C[N+](=O)C3=C(C=C(Cl)CC3)C=C2N1. The van der Waals surface area contributed by atoms with Crippen LogP contribution in [0.1, 0.15) is 36.9 Å². The van der Waals surface area contributed by atoms with Crippen LogP contribution in [0.2, 0.25) is 0 Å². The first-order valence-electron chi connectivity index (χ1n) is 11.1. The summed E-state index contributed by atoms with van der Waals surface area (Å²) >= 11 is 6.24. The number of halogens is 1. The van der Waals surface area contributed by atoms with Crippen molar-refractivity contribution in [2.45, 2.75) is 39.0 Å². The molecule has 1 aliphatic carbocycles. The van der Waals surface area contributed by atoms with Gasteiger partial charge < -0.3 is 15.5 Å². The summed E-state index contributed by atoms with van der Waals surface area (Å²) in [5.41, 5.74) is 6.40. The second kappa shape index (κ2) is 9.79. The van der Waals surface area contributed by atoms with Gasteiger partial charge in [0.2, 0.25) is 18.2 Å². The van der Waals surface area contributed by atoms with Crippen LogP contribution in [0.5, 0.6) is 0 Å². The second-order valence-electron chi connectivity index (χ2n) is 8.71. The molecule has 1 aromatic rings. The maximum absolute atomic E-state index is 12.6. The van der Waals surface area contributed by atoms with E-state index in [1.165, 1.54) is 5.56 Å². The van der Waals surface area contributed by atoms with Crippen molar-refractivity contribution in [1.82, 2.24) is 15.2 Å². The van der Waals surface area contributed by atoms with E-state index in [2.05, 4.69) is 45.7 Å². The monoisotopic (exact) mass is 453 g/mol. The zero-order valence-corrected chi connectivity index (χ0v) is 19.7. The highest BCUT2D eigenvalue weighted by Crippen LogP contribution is 2.32. The second-order valence-corrected chi connectivity index (χ2v) is 9.19. The third-order valence-electron chi connectivity index (χ3n) is 5.83. The average Bonchev–Trinajstić information content (AvgIpc) is 2.88. The molecule has 0 fully saturated rings. The highest BCUT2D eigenvalue weighted by molar-refractivity contribution is 6.29. The van der Waals surface area contributed by atoms with Crippen molar-refractivity contribution in [3.63, 3.8) is 0 Å². The topological polar surface area (TPSA) is 72.6 Å². The summed E-state index contributed by atoms with van der Waals surface area (Å²) in [6.45, 7) is 3.34. The maximum Gasteiger partial charge on any atom is 0.240 e. The highest BCUT2D eigenvalue weighted by Gasteiger charge is 2.31. The molecule has 7 nitrogen and oxygen atoms in total. The van der Waals surface area contributed by atoms with Crippen LogP contribution < -0.4 is 10.6 Å². The summed E-state index contributed by atoms with van der Waals surface area (Å²) in [5, 5.41) is 7.50. The molecule has 2 aliphatic heterocycles. The van der Waals surface area contributed by atoms with Gasteiger partial charge >= 0.3 is 0 Å². The minimum atomic E-state index is 0.267. The van der Waals surface area contributed by atoms with Gasteiger partial charge in [0.25, 0.3) is 0 Å². The van der Waals surface area contributed by atoms with Crippen LogP contribution in [-0.2, 0) is 6.42 Å². The van der Waals surface area contributed by atoms with Crippen LogP contribution in [-0.4, -0.2) is 47.8 Å². The number of rotatable bonds is 6. The van der Waals surface area contributed by atoms with E-state index in [0.29, 0.717) is 18.8 Å². The molecule has 3 heterocycles. The number of aryl methyl sites for hydroxylation is 2. The molecule has 0 saturated carbocycles. The quantitative estimate of drug-likeness (QED) is 0.494. The van der Waals surface area contributed by atoms with Crippen molar-refractivity contribution in [3.8, 4) is 0 Å². The molecule has 0 unspecified atom stereocenters. The molecule has 1 aromatic heterocycles. The Morgan fingerprint density at radius 3 is 2.91 bits per heavy atom. The molecule has 168 valence electrons. The third kappa shape index (κ3) is 5.34. The summed E-state index contributed by atoms with van der Waals surface area (Å²) in [7, 11) is 4.20. The van der Waals surface area contributed by atoms with Gasteiger partial charge in [-0.25, -0.2) is 4.99 Å². The lowest BCUT2D eigenvalue weighted by Gasteiger charge is -2.19. The van der Waals surface area contributed by atoms with Crippen LogP contribution in [0.15, 0.2) is 63.2 Å². The number of pyridine rings is 1. The number of nitroso groups, excluding NO2 is 1. The summed E-state index contributed by atoms with van der Waals surface area (Å²) in [6.07, 6.45) is 12.2. The van der Waals surface area contributed by atoms with Crippen molar-refractivity contribution in [2.24, 2.45) is 4.99 Å². The van der Waals surface area contributed by atoms with Gasteiger partial charge in [-0.2, -0.15) is 0 Å². The Bertz CT molecular complexity index is 1080. The van der Waals surface area contributed by atoms with Crippen molar-refractivity contribution in [3.05, 3.63) is 74.4 Å². The molecule has 2 N–H and O–H groups in total. The molecule has 0 amide bonds. The number of unbranched alkanes of at least 4 members (excludes halogenated alkanes) is 1. The smallest absolute Gasteiger partial charge is 0.240 e. The number of nitrogens with one attached hydrogen (secondary N) is 2. The van der Waals surface area contributed by atoms with Crippen LogP contribution in [0.3, 0.4) is 0 Å². The summed E-state index contributed by atoms with van der Waals surface area (Å²) < 4.78 is 1.05. The summed E-state index contributed by atoms with van der Waals surface area (Å²) in [5.74, 6) is 0.613. The van der Waals surface area contributed by atoms with Crippen LogP contribution in [0, 0.1) is 11.8 Å². The molecule has 32 heavy (non-hydrogen) atoms. The first-order chi connectivity index (χ1) is 15.4. The van der Waals surface area contributed by atoms with Gasteiger partial charge in [0.05, 0.1) is 22.7 Å². The number of hydrogen-bond acceptors (Lipinski definition) is 6. The van der Waals surface area contributed by atoms with E-state index in [-0.39, 0.29) is 6.54 Å². The zero-order chi connectivity index (χ0) is 22.7. The van der Waals surface area contributed by atoms with E-state index in [0.717, 1.165) is 69.5 Å². The van der Waals surface area contributed by atoms with E-state index in [9.17, 15) is 4.91 Å². The van der Waals surface area contributed by atoms with E-state index in [4.69, 9.17) is 11.6 Å². The summed E-state index contributed by atoms with van der Waals surface area (Å²) in [4.78, 5) is 23.9. The average molecular weight is 454 g/mol. The van der Waals surface area contributed by atoms with Gasteiger partial charge in [-0.1, -0.05) is 11.6 Å². The Hall–Kier alpha value is -2.77. The van der Waals surface area contributed by atoms with E-state index < -0.39 is 0 Å². The minimum absolute atomic E-state index is 0.267. The lowest BCUT2D eigenvalue weighted by Crippen LogP contribution is -2.34. The zero-order valence-electron chi connectivity index (χ0n) is 18.9. The predicted octanol–water partition coefficient (Wildman–Crippen LogP) is 4.38. The van der Waals surface area contributed by atoms with Crippen molar-refractivity contribution < 1.29 is 4.76 Å². The van der Waals surface area contributed by atoms with Crippen molar-refractivity contribution >= 4 is 23.2 Å². The Morgan fingerprint density at radius 2 is 2.09 bits per heavy atom.